The minimum absolute atomic E-state index is 0.628. The Bertz CT molecular complexity index is 676. The summed E-state index contributed by atoms with van der Waals surface area (Å²) in [5, 5.41) is 11.0. The quantitative estimate of drug-likeness (QED) is 0.741. The molecule has 0 radical (unpaired) electrons. The van der Waals surface area contributed by atoms with Gasteiger partial charge in [-0.1, -0.05) is 0 Å². The van der Waals surface area contributed by atoms with Gasteiger partial charge < -0.3 is 5.32 Å². The second kappa shape index (κ2) is 5.01. The number of aromatic amines is 1. The first-order chi connectivity index (χ1) is 9.36. The smallest absolute Gasteiger partial charge is 0.224 e. The Morgan fingerprint density at radius 3 is 2.84 bits per heavy atom. The third-order valence-corrected chi connectivity index (χ3v) is 2.84. The number of pyridine rings is 1. The molecule has 3 aromatic rings. The number of nitrogens with zero attached hydrogens (tertiary/aromatic N) is 4. The molecule has 0 aliphatic carbocycles. The number of nitrogens with one attached hydrogen (secondary N) is 2. The van der Waals surface area contributed by atoms with Gasteiger partial charge in [0, 0.05) is 25.4 Å². The van der Waals surface area contributed by atoms with E-state index in [-0.39, 0.29) is 0 Å². The minimum atomic E-state index is 0.628. The van der Waals surface area contributed by atoms with E-state index < -0.39 is 0 Å². The Kier molecular flexibility index (Phi) is 3.06. The maximum atomic E-state index is 4.56. The van der Waals surface area contributed by atoms with Crippen LogP contribution in [-0.4, -0.2) is 31.7 Å². The van der Waals surface area contributed by atoms with E-state index in [1.807, 2.05) is 19.1 Å². The van der Waals surface area contributed by atoms with Gasteiger partial charge in [-0.05, 0) is 24.6 Å². The molecule has 3 aromatic heterocycles. The Balaban J connectivity index is 2.03. The largest absolute Gasteiger partial charge is 0.354 e. The average Bonchev–Trinajstić information content (AvgIpc) is 2.89. The van der Waals surface area contributed by atoms with E-state index in [0.29, 0.717) is 5.95 Å². The number of hydrogen-bond donors (Lipinski definition) is 2. The van der Waals surface area contributed by atoms with Crippen LogP contribution >= 0.6 is 0 Å². The first kappa shape index (κ1) is 11.6. The number of anilines is 1. The number of H-pyrrole nitrogens is 1. The molecule has 19 heavy (non-hydrogen) atoms. The summed E-state index contributed by atoms with van der Waals surface area (Å²) in [6.07, 6.45) is 6.07. The Morgan fingerprint density at radius 1 is 1.21 bits per heavy atom. The molecule has 0 aliphatic heterocycles. The van der Waals surface area contributed by atoms with Crippen LogP contribution in [0.5, 0.6) is 0 Å². The van der Waals surface area contributed by atoms with Gasteiger partial charge in [-0.2, -0.15) is 10.1 Å². The number of aromatic nitrogens is 5. The molecule has 3 heterocycles. The lowest BCUT2D eigenvalue weighted by Crippen LogP contribution is -2.05. The van der Waals surface area contributed by atoms with Crippen molar-refractivity contribution in [2.75, 3.05) is 11.9 Å². The fourth-order valence-corrected chi connectivity index (χ4v) is 1.96. The highest BCUT2D eigenvalue weighted by molar-refractivity contribution is 5.78. The molecular weight excluding hydrogens is 240 g/mol. The monoisotopic (exact) mass is 254 g/mol. The van der Waals surface area contributed by atoms with Crippen molar-refractivity contribution in [3.63, 3.8) is 0 Å². The van der Waals surface area contributed by atoms with E-state index in [1.165, 1.54) is 5.56 Å². The van der Waals surface area contributed by atoms with Gasteiger partial charge in [0.05, 0.1) is 17.3 Å². The van der Waals surface area contributed by atoms with Crippen LogP contribution in [0.3, 0.4) is 0 Å². The topological polar surface area (TPSA) is 79.4 Å². The minimum Gasteiger partial charge on any atom is -0.354 e. The summed E-state index contributed by atoms with van der Waals surface area (Å²) in [6.45, 7) is 2.80. The normalized spacial score (nSPS) is 10.8. The van der Waals surface area contributed by atoms with Gasteiger partial charge in [-0.3, -0.25) is 10.1 Å². The van der Waals surface area contributed by atoms with E-state index >= 15 is 0 Å². The molecule has 2 N–H and O–H groups in total. The lowest BCUT2D eigenvalue weighted by Gasteiger charge is -2.06. The van der Waals surface area contributed by atoms with Crippen LogP contribution < -0.4 is 5.32 Å². The zero-order chi connectivity index (χ0) is 13.1. The fourth-order valence-electron chi connectivity index (χ4n) is 1.96. The van der Waals surface area contributed by atoms with Crippen molar-refractivity contribution in [3.05, 3.63) is 42.0 Å². The molecule has 0 bridgehead atoms. The van der Waals surface area contributed by atoms with E-state index in [1.54, 1.807) is 18.6 Å². The molecule has 0 amide bonds. The summed E-state index contributed by atoms with van der Waals surface area (Å²) in [5.74, 6) is 0.628. The van der Waals surface area contributed by atoms with E-state index in [2.05, 4.69) is 30.5 Å². The van der Waals surface area contributed by atoms with Gasteiger partial charge >= 0.3 is 0 Å². The number of fused-ring (bicyclic) bond motifs is 1. The molecule has 0 aromatic carbocycles. The summed E-state index contributed by atoms with van der Waals surface area (Å²) in [4.78, 5) is 13.0. The Labute approximate surface area is 110 Å². The first-order valence-corrected chi connectivity index (χ1v) is 6.19. The van der Waals surface area contributed by atoms with Crippen LogP contribution in [0.15, 0.2) is 30.7 Å². The van der Waals surface area contributed by atoms with Gasteiger partial charge in [0.2, 0.25) is 5.95 Å². The highest BCUT2D eigenvalue weighted by Gasteiger charge is 2.09. The maximum absolute atomic E-state index is 4.56. The standard InChI is InChI=1S/C13H14N6/c1-2-15-13-17-11(7-9-3-5-14-6-4-9)10-8-16-19-12(10)18-13/h3-6,8H,2,7H2,1H3,(H2,15,16,17,18,19). The highest BCUT2D eigenvalue weighted by Crippen LogP contribution is 2.18. The van der Waals surface area contributed by atoms with E-state index in [9.17, 15) is 0 Å². The second-order valence-electron chi connectivity index (χ2n) is 4.19. The third kappa shape index (κ3) is 2.37. The molecule has 0 aliphatic rings. The predicted octanol–water partition coefficient (Wildman–Crippen LogP) is 1.77. The molecule has 0 unspecified atom stereocenters. The zero-order valence-electron chi connectivity index (χ0n) is 10.6. The van der Waals surface area contributed by atoms with Crippen LogP contribution in [-0.2, 0) is 6.42 Å². The van der Waals surface area contributed by atoms with Gasteiger partial charge in [0.15, 0.2) is 5.65 Å². The molecular formula is C13H14N6. The van der Waals surface area contributed by atoms with Crippen LogP contribution in [0.2, 0.25) is 0 Å². The zero-order valence-corrected chi connectivity index (χ0v) is 10.6. The van der Waals surface area contributed by atoms with Crippen LogP contribution in [0.4, 0.5) is 5.95 Å². The predicted molar refractivity (Wildman–Crippen MR) is 72.9 cm³/mol. The summed E-state index contributed by atoms with van der Waals surface area (Å²) in [6, 6.07) is 3.97. The number of hydrogen-bond acceptors (Lipinski definition) is 5. The van der Waals surface area contributed by atoms with Gasteiger partial charge in [-0.15, -0.1) is 0 Å². The molecule has 96 valence electrons. The Morgan fingerprint density at radius 2 is 2.05 bits per heavy atom. The van der Waals surface area contributed by atoms with Crippen molar-refractivity contribution in [1.82, 2.24) is 25.1 Å². The summed E-state index contributed by atoms with van der Waals surface area (Å²) in [7, 11) is 0. The molecule has 0 saturated heterocycles. The highest BCUT2D eigenvalue weighted by atomic mass is 15.2. The van der Waals surface area contributed by atoms with Crippen LogP contribution in [0, 0.1) is 0 Å². The SMILES string of the molecule is CCNc1nc(Cc2ccncc2)c2cn[nH]c2n1. The molecule has 6 nitrogen and oxygen atoms in total. The fraction of sp³-hybridized carbons (Fsp3) is 0.231. The number of rotatable bonds is 4. The average molecular weight is 254 g/mol. The third-order valence-electron chi connectivity index (χ3n) is 2.84. The second-order valence-corrected chi connectivity index (χ2v) is 4.19. The van der Waals surface area contributed by atoms with Crippen molar-refractivity contribution < 1.29 is 0 Å². The van der Waals surface area contributed by atoms with Crippen LogP contribution in [0.1, 0.15) is 18.2 Å². The molecule has 0 atom stereocenters. The molecule has 0 fully saturated rings. The Hall–Kier alpha value is -2.50. The van der Waals surface area contributed by atoms with Crippen molar-refractivity contribution in [2.24, 2.45) is 0 Å². The van der Waals surface area contributed by atoms with Crippen molar-refractivity contribution in [3.8, 4) is 0 Å². The summed E-state index contributed by atoms with van der Waals surface area (Å²) < 4.78 is 0. The van der Waals surface area contributed by atoms with Crippen molar-refractivity contribution in [2.45, 2.75) is 13.3 Å². The van der Waals surface area contributed by atoms with Crippen molar-refractivity contribution >= 4 is 17.0 Å². The van der Waals surface area contributed by atoms with Gasteiger partial charge in [0.25, 0.3) is 0 Å². The van der Waals surface area contributed by atoms with E-state index in [0.717, 1.165) is 29.7 Å². The summed E-state index contributed by atoms with van der Waals surface area (Å²) >= 11 is 0. The lowest BCUT2D eigenvalue weighted by atomic mass is 10.1. The molecule has 0 spiro atoms. The van der Waals surface area contributed by atoms with Crippen molar-refractivity contribution in [1.29, 1.82) is 0 Å². The molecule has 0 saturated carbocycles. The first-order valence-electron chi connectivity index (χ1n) is 6.19. The molecule has 3 rings (SSSR count). The maximum Gasteiger partial charge on any atom is 0.224 e. The lowest BCUT2D eigenvalue weighted by molar-refractivity contribution is 1.02. The van der Waals surface area contributed by atoms with Gasteiger partial charge in [-0.25, -0.2) is 4.98 Å². The van der Waals surface area contributed by atoms with E-state index in [4.69, 9.17) is 0 Å². The summed E-state index contributed by atoms with van der Waals surface area (Å²) in [5.41, 5.74) is 2.88. The van der Waals surface area contributed by atoms with Gasteiger partial charge in [0.1, 0.15) is 0 Å². The molecule has 6 heteroatoms. The van der Waals surface area contributed by atoms with Crippen LogP contribution in [0.25, 0.3) is 11.0 Å².